The molecule has 2 N–H and O–H groups in total. The van der Waals surface area contributed by atoms with Gasteiger partial charge in [0.25, 0.3) is 0 Å². The Hall–Kier alpha value is -2.46. The molecule has 2 heterocycles. The fourth-order valence-electron chi connectivity index (χ4n) is 2.97. The van der Waals surface area contributed by atoms with Crippen LogP contribution in [0.1, 0.15) is 29.3 Å². The standard InChI is InChI=1S/C18H12Cl2F5N3O2/c19-10-3-7(5-27-16(10)18(23,24)25)15(9-1-2-11(21)13(20)14(9)22)28-17(30)8-4-12(29)26-6-8/h1-3,5,8,15H,4,6H2,(H,26,29)(H,28,30)/t8-,15+/m0/s1. The lowest BCUT2D eigenvalue weighted by Gasteiger charge is -2.23. The molecule has 1 aliphatic heterocycles. The molecule has 1 aliphatic rings. The second-order valence-corrected chi connectivity index (χ2v) is 7.29. The number of nitrogens with zero attached hydrogens (tertiary/aromatic N) is 1. The molecule has 2 amide bonds. The van der Waals surface area contributed by atoms with Crippen molar-refractivity contribution in [1.29, 1.82) is 0 Å². The Morgan fingerprint density at radius 2 is 1.97 bits per heavy atom. The van der Waals surface area contributed by atoms with E-state index in [0.717, 1.165) is 24.4 Å². The van der Waals surface area contributed by atoms with Crippen molar-refractivity contribution in [2.24, 2.45) is 5.92 Å². The molecule has 1 aromatic carbocycles. The van der Waals surface area contributed by atoms with E-state index in [1.807, 2.05) is 0 Å². The van der Waals surface area contributed by atoms with Crippen LogP contribution in [0.3, 0.4) is 0 Å². The number of aromatic nitrogens is 1. The molecule has 1 fully saturated rings. The Labute approximate surface area is 176 Å². The van der Waals surface area contributed by atoms with Gasteiger partial charge in [-0.25, -0.2) is 13.8 Å². The van der Waals surface area contributed by atoms with Crippen LogP contribution < -0.4 is 10.6 Å². The number of benzene rings is 1. The highest BCUT2D eigenvalue weighted by molar-refractivity contribution is 6.31. The molecule has 0 aliphatic carbocycles. The quantitative estimate of drug-likeness (QED) is 0.526. The first kappa shape index (κ1) is 22.2. The zero-order chi connectivity index (χ0) is 22.2. The van der Waals surface area contributed by atoms with Crippen LogP contribution in [-0.4, -0.2) is 23.3 Å². The largest absolute Gasteiger partial charge is 0.434 e. The molecule has 2 atom stereocenters. The van der Waals surface area contributed by atoms with Crippen LogP contribution in [-0.2, 0) is 15.8 Å². The van der Waals surface area contributed by atoms with Crippen LogP contribution in [0.4, 0.5) is 22.0 Å². The number of hydrogen-bond acceptors (Lipinski definition) is 3. The van der Waals surface area contributed by atoms with Crippen molar-refractivity contribution in [3.8, 4) is 0 Å². The van der Waals surface area contributed by atoms with Crippen molar-refractivity contribution in [2.75, 3.05) is 6.54 Å². The van der Waals surface area contributed by atoms with Gasteiger partial charge in [-0.1, -0.05) is 29.3 Å². The summed E-state index contributed by atoms with van der Waals surface area (Å²) in [5.41, 5.74) is -1.77. The number of carbonyl (C=O) groups excluding carboxylic acids is 2. The van der Waals surface area contributed by atoms with E-state index in [1.54, 1.807) is 0 Å². The number of pyridine rings is 1. The molecule has 0 saturated carbocycles. The molecule has 5 nitrogen and oxygen atoms in total. The van der Waals surface area contributed by atoms with Gasteiger partial charge in [-0.2, -0.15) is 13.2 Å². The maximum Gasteiger partial charge on any atom is 0.434 e. The Morgan fingerprint density at radius 3 is 2.53 bits per heavy atom. The summed E-state index contributed by atoms with van der Waals surface area (Å²) < 4.78 is 67.0. The summed E-state index contributed by atoms with van der Waals surface area (Å²) in [7, 11) is 0. The van der Waals surface area contributed by atoms with Gasteiger partial charge in [0.1, 0.15) is 16.7 Å². The number of alkyl halides is 3. The van der Waals surface area contributed by atoms with E-state index in [4.69, 9.17) is 23.2 Å². The van der Waals surface area contributed by atoms with Gasteiger partial charge in [0.2, 0.25) is 11.8 Å². The van der Waals surface area contributed by atoms with Crippen molar-refractivity contribution >= 4 is 35.0 Å². The van der Waals surface area contributed by atoms with Gasteiger partial charge >= 0.3 is 6.18 Å². The molecule has 12 heteroatoms. The molecule has 30 heavy (non-hydrogen) atoms. The van der Waals surface area contributed by atoms with Crippen LogP contribution in [0.25, 0.3) is 0 Å². The molecular weight excluding hydrogens is 456 g/mol. The molecule has 0 unspecified atom stereocenters. The van der Waals surface area contributed by atoms with E-state index < -0.39 is 51.4 Å². The smallest absolute Gasteiger partial charge is 0.355 e. The van der Waals surface area contributed by atoms with Gasteiger partial charge in [0.05, 0.1) is 17.0 Å². The van der Waals surface area contributed by atoms with Crippen molar-refractivity contribution in [3.63, 3.8) is 0 Å². The fourth-order valence-corrected chi connectivity index (χ4v) is 3.43. The third-order valence-corrected chi connectivity index (χ3v) is 5.11. The normalized spacial score (nSPS) is 17.6. The van der Waals surface area contributed by atoms with Gasteiger partial charge < -0.3 is 10.6 Å². The minimum absolute atomic E-state index is 0.0378. The molecule has 0 bridgehead atoms. The van der Waals surface area contributed by atoms with Crippen molar-refractivity contribution in [1.82, 2.24) is 15.6 Å². The van der Waals surface area contributed by atoms with Crippen molar-refractivity contribution < 1.29 is 31.5 Å². The second-order valence-electron chi connectivity index (χ2n) is 6.51. The minimum atomic E-state index is -4.82. The lowest BCUT2D eigenvalue weighted by molar-refractivity contribution is -0.141. The Kier molecular flexibility index (Phi) is 6.19. The predicted octanol–water partition coefficient (Wildman–Crippen LogP) is 4.03. The SMILES string of the molecule is O=C1C[C@H](C(=O)N[C@H](c2cnc(C(F)(F)F)c(Cl)c2)c2ccc(F)c(Cl)c2F)CN1. The van der Waals surface area contributed by atoms with Crippen LogP contribution in [0, 0.1) is 17.6 Å². The lowest BCUT2D eigenvalue weighted by Crippen LogP contribution is -2.36. The summed E-state index contributed by atoms with van der Waals surface area (Å²) in [6.07, 6.45) is -4.17. The molecule has 1 aromatic heterocycles. The van der Waals surface area contributed by atoms with E-state index >= 15 is 0 Å². The highest BCUT2D eigenvalue weighted by Gasteiger charge is 2.36. The fraction of sp³-hybridized carbons (Fsp3) is 0.278. The van der Waals surface area contributed by atoms with Crippen LogP contribution in [0.5, 0.6) is 0 Å². The Bertz CT molecular complexity index is 1020. The maximum absolute atomic E-state index is 14.6. The topological polar surface area (TPSA) is 71.1 Å². The second kappa shape index (κ2) is 8.35. The van der Waals surface area contributed by atoms with Crippen LogP contribution in [0.2, 0.25) is 10.0 Å². The molecule has 2 aromatic rings. The first-order chi connectivity index (χ1) is 14.0. The molecule has 0 spiro atoms. The minimum Gasteiger partial charge on any atom is -0.355 e. The van der Waals surface area contributed by atoms with E-state index in [1.165, 1.54) is 0 Å². The molecule has 160 valence electrons. The number of amides is 2. The molecular formula is C18H12Cl2F5N3O2. The number of carbonyl (C=O) groups is 2. The number of nitrogens with one attached hydrogen (secondary N) is 2. The number of hydrogen-bond donors (Lipinski definition) is 2. The van der Waals surface area contributed by atoms with Gasteiger partial charge in [0.15, 0.2) is 5.69 Å². The zero-order valence-electron chi connectivity index (χ0n) is 14.8. The van der Waals surface area contributed by atoms with E-state index in [2.05, 4.69) is 15.6 Å². The summed E-state index contributed by atoms with van der Waals surface area (Å²) in [6.45, 7) is 0.0378. The van der Waals surface area contributed by atoms with E-state index in [-0.39, 0.29) is 30.0 Å². The van der Waals surface area contributed by atoms with Gasteiger partial charge in [-0.05, 0) is 17.7 Å². The Morgan fingerprint density at radius 1 is 1.27 bits per heavy atom. The summed E-state index contributed by atoms with van der Waals surface area (Å²) >= 11 is 11.3. The van der Waals surface area contributed by atoms with Gasteiger partial charge in [-0.3, -0.25) is 9.59 Å². The third kappa shape index (κ3) is 4.49. The first-order valence-electron chi connectivity index (χ1n) is 8.42. The van der Waals surface area contributed by atoms with Crippen LogP contribution >= 0.6 is 23.2 Å². The average Bonchev–Trinajstić information content (AvgIpc) is 3.10. The van der Waals surface area contributed by atoms with Crippen molar-refractivity contribution in [3.05, 3.63) is 62.9 Å². The third-order valence-electron chi connectivity index (χ3n) is 4.48. The molecule has 0 radical (unpaired) electrons. The zero-order valence-corrected chi connectivity index (χ0v) is 16.3. The average molecular weight is 468 g/mol. The predicted molar refractivity (Wildman–Crippen MR) is 96.7 cm³/mol. The summed E-state index contributed by atoms with van der Waals surface area (Å²) in [6, 6.07) is 1.32. The molecule has 3 rings (SSSR count). The molecule has 1 saturated heterocycles. The monoisotopic (exact) mass is 467 g/mol. The van der Waals surface area contributed by atoms with Crippen LogP contribution in [0.15, 0.2) is 24.4 Å². The Balaban J connectivity index is 2.04. The highest BCUT2D eigenvalue weighted by atomic mass is 35.5. The number of rotatable bonds is 4. The van der Waals surface area contributed by atoms with E-state index in [0.29, 0.717) is 0 Å². The summed E-state index contributed by atoms with van der Waals surface area (Å²) in [5.74, 6) is -4.08. The summed E-state index contributed by atoms with van der Waals surface area (Å²) in [4.78, 5) is 27.2. The number of halogens is 7. The van der Waals surface area contributed by atoms with Gasteiger partial charge in [-0.15, -0.1) is 0 Å². The van der Waals surface area contributed by atoms with Gasteiger partial charge in [0, 0.05) is 24.7 Å². The van der Waals surface area contributed by atoms with E-state index in [9.17, 15) is 31.5 Å². The first-order valence-corrected chi connectivity index (χ1v) is 9.17. The highest BCUT2D eigenvalue weighted by Crippen LogP contribution is 2.36. The maximum atomic E-state index is 14.6. The van der Waals surface area contributed by atoms with Crippen molar-refractivity contribution in [2.45, 2.75) is 18.6 Å². The summed E-state index contributed by atoms with van der Waals surface area (Å²) in [5, 5.41) is 3.29. The lowest BCUT2D eigenvalue weighted by atomic mass is 9.97.